The van der Waals surface area contributed by atoms with Crippen molar-refractivity contribution < 1.29 is 23.1 Å². The molecule has 0 fully saturated rings. The van der Waals surface area contributed by atoms with Crippen LogP contribution in [-0.2, 0) is 0 Å². The maximum Gasteiger partial charge on any atom is 0.267 e. The third-order valence-corrected chi connectivity index (χ3v) is 5.65. The smallest absolute Gasteiger partial charge is 0.267 e. The molecular weight excluding hydrogens is 478 g/mol. The molecule has 2 aromatic carbocycles. The van der Waals surface area contributed by atoms with Crippen LogP contribution in [0.2, 0.25) is 5.02 Å². The minimum atomic E-state index is -1.81. The van der Waals surface area contributed by atoms with Crippen LogP contribution in [0.5, 0.6) is 0 Å². The second kappa shape index (κ2) is 8.87. The van der Waals surface area contributed by atoms with Gasteiger partial charge in [-0.2, -0.15) is 0 Å². The lowest BCUT2D eigenvalue weighted by molar-refractivity contribution is 0.0452. The summed E-state index contributed by atoms with van der Waals surface area (Å²) in [6.45, 7) is 6.15. The maximum atomic E-state index is 14.7. The second-order valence-corrected chi connectivity index (χ2v) is 9.16. The molecule has 0 spiro atoms. The predicted octanol–water partition coefficient (Wildman–Crippen LogP) is 5.66. The Balaban J connectivity index is 1.98. The fraction of sp³-hybridized carbons (Fsp3) is 0.192. The lowest BCUT2D eigenvalue weighted by Crippen LogP contribution is -2.31. The van der Waals surface area contributed by atoms with Crippen molar-refractivity contribution in [1.29, 1.82) is 0 Å². The van der Waals surface area contributed by atoms with E-state index in [0.717, 1.165) is 23.3 Å². The normalized spacial score (nSPS) is 11.7. The quantitative estimate of drug-likeness (QED) is 0.359. The number of aliphatic hydroxyl groups is 1. The Bertz CT molecular complexity index is 1510. The van der Waals surface area contributed by atoms with Crippen LogP contribution < -0.4 is 5.56 Å². The molecule has 2 aromatic heterocycles. The molecular formula is C26H21ClF2N2O4. The van der Waals surface area contributed by atoms with Crippen molar-refractivity contribution in [3.05, 3.63) is 92.7 Å². The third kappa shape index (κ3) is 4.67. The molecule has 4 rings (SSSR count). The molecule has 1 N–H and O–H groups in total. The lowest BCUT2D eigenvalue weighted by atomic mass is 10.0. The summed E-state index contributed by atoms with van der Waals surface area (Å²) in [4.78, 5) is 29.7. The molecule has 0 aliphatic heterocycles. The Morgan fingerprint density at radius 3 is 2.34 bits per heavy atom. The van der Waals surface area contributed by atoms with Crippen LogP contribution in [0.1, 0.15) is 35.7 Å². The van der Waals surface area contributed by atoms with Gasteiger partial charge in [0.15, 0.2) is 5.76 Å². The number of carbonyl (C=O) groups is 1. The molecule has 35 heavy (non-hydrogen) atoms. The number of oxazole rings is 1. The van der Waals surface area contributed by atoms with Crippen LogP contribution in [0.25, 0.3) is 28.3 Å². The number of aromatic nitrogens is 2. The first-order valence-electron chi connectivity index (χ1n) is 10.6. The zero-order valence-electron chi connectivity index (χ0n) is 19.3. The fourth-order valence-corrected chi connectivity index (χ4v) is 4.14. The van der Waals surface area contributed by atoms with Crippen LogP contribution in [0.3, 0.4) is 0 Å². The van der Waals surface area contributed by atoms with E-state index in [0.29, 0.717) is 22.3 Å². The first kappa shape index (κ1) is 24.5. The zero-order valence-corrected chi connectivity index (χ0v) is 20.1. The van der Waals surface area contributed by atoms with Crippen LogP contribution in [0.4, 0.5) is 8.78 Å². The number of pyridine rings is 1. The Labute approximate surface area is 204 Å². The molecule has 0 unspecified atom stereocenters. The van der Waals surface area contributed by atoms with Crippen molar-refractivity contribution in [3.63, 3.8) is 0 Å². The second-order valence-electron chi connectivity index (χ2n) is 8.72. The van der Waals surface area contributed by atoms with Crippen molar-refractivity contribution in [1.82, 2.24) is 9.55 Å². The van der Waals surface area contributed by atoms with E-state index in [1.165, 1.54) is 36.7 Å². The number of rotatable bonds is 5. The summed E-state index contributed by atoms with van der Waals surface area (Å²) < 4.78 is 35.3. The number of halogens is 3. The molecule has 2 heterocycles. The van der Waals surface area contributed by atoms with E-state index in [1.54, 1.807) is 12.1 Å². The minimum absolute atomic E-state index is 0.0427. The molecule has 0 radical (unpaired) electrons. The van der Waals surface area contributed by atoms with Crippen LogP contribution in [0, 0.1) is 25.5 Å². The highest BCUT2D eigenvalue weighted by Gasteiger charge is 2.32. The maximum absolute atomic E-state index is 14.7. The number of hydrogen-bond donors (Lipinski definition) is 1. The summed E-state index contributed by atoms with van der Waals surface area (Å²) >= 11 is 6.14. The van der Waals surface area contributed by atoms with Gasteiger partial charge in [0, 0.05) is 28.9 Å². The van der Waals surface area contributed by atoms with Crippen LogP contribution in [0.15, 0.2) is 57.9 Å². The largest absolute Gasteiger partial charge is 0.433 e. The molecule has 9 heteroatoms. The topological polar surface area (TPSA) is 85.3 Å². The van der Waals surface area contributed by atoms with Crippen molar-refractivity contribution in [2.75, 3.05) is 0 Å². The Morgan fingerprint density at radius 2 is 1.74 bits per heavy atom. The monoisotopic (exact) mass is 498 g/mol. The molecule has 4 aromatic rings. The number of ketones is 1. The van der Waals surface area contributed by atoms with Gasteiger partial charge in [-0.3, -0.25) is 14.2 Å². The molecule has 0 amide bonds. The van der Waals surface area contributed by atoms with E-state index in [1.807, 2.05) is 13.8 Å². The first-order chi connectivity index (χ1) is 16.4. The Hall–Kier alpha value is -3.62. The summed E-state index contributed by atoms with van der Waals surface area (Å²) in [5.41, 5.74) is 0.184. The Kier molecular flexibility index (Phi) is 6.21. The standard InChI is InChI=1S/C26H21ClF2N2O4/c1-13-9-16(27)10-14(2)22(13)31-12-15(5-8-20(31)32)21-23(18-7-6-17(28)11-19(18)29)35-25(30-21)24(33)26(3,4)34/h5-12,34H,1-4H3. The SMILES string of the molecule is Cc1cc(Cl)cc(C)c1-n1cc(-c2nc(C(=O)C(C)(C)O)oc2-c2ccc(F)cc2F)ccc1=O. The third-order valence-electron chi connectivity index (χ3n) is 5.43. The molecule has 0 bridgehead atoms. The lowest BCUT2D eigenvalue weighted by Gasteiger charge is -2.14. The fourth-order valence-electron chi connectivity index (χ4n) is 3.82. The summed E-state index contributed by atoms with van der Waals surface area (Å²) in [6.07, 6.45) is 1.49. The van der Waals surface area contributed by atoms with Gasteiger partial charge in [-0.15, -0.1) is 0 Å². The summed E-state index contributed by atoms with van der Waals surface area (Å²) in [7, 11) is 0. The number of nitrogens with zero attached hydrogens (tertiary/aromatic N) is 2. The number of benzene rings is 2. The highest BCUT2D eigenvalue weighted by atomic mass is 35.5. The molecule has 0 saturated heterocycles. The molecule has 0 saturated carbocycles. The van der Waals surface area contributed by atoms with Gasteiger partial charge in [0.1, 0.15) is 22.9 Å². The minimum Gasteiger partial charge on any atom is -0.433 e. The van der Waals surface area contributed by atoms with Gasteiger partial charge in [-0.1, -0.05) is 11.6 Å². The van der Waals surface area contributed by atoms with Crippen LogP contribution >= 0.6 is 11.6 Å². The van der Waals surface area contributed by atoms with Gasteiger partial charge in [-0.25, -0.2) is 13.8 Å². The summed E-state index contributed by atoms with van der Waals surface area (Å²) in [5.74, 6) is -3.15. The highest BCUT2D eigenvalue weighted by molar-refractivity contribution is 6.30. The summed E-state index contributed by atoms with van der Waals surface area (Å²) in [5, 5.41) is 10.7. The van der Waals surface area contributed by atoms with Gasteiger partial charge in [0.25, 0.3) is 11.4 Å². The number of aryl methyl sites for hydroxylation is 2. The average molecular weight is 499 g/mol. The predicted molar refractivity (Wildman–Crippen MR) is 128 cm³/mol. The van der Waals surface area contributed by atoms with Crippen molar-refractivity contribution in [3.8, 4) is 28.3 Å². The Morgan fingerprint density at radius 1 is 1.09 bits per heavy atom. The van der Waals surface area contributed by atoms with E-state index < -0.39 is 28.9 Å². The van der Waals surface area contributed by atoms with Gasteiger partial charge in [0.2, 0.25) is 5.78 Å². The zero-order chi connectivity index (χ0) is 25.7. The van der Waals surface area contributed by atoms with Crippen molar-refractivity contribution in [2.45, 2.75) is 33.3 Å². The van der Waals surface area contributed by atoms with Crippen molar-refractivity contribution in [2.24, 2.45) is 0 Å². The number of Topliss-reactive ketones (excluding diaryl/α,β-unsaturated/α-hetero) is 1. The van der Waals surface area contributed by atoms with E-state index in [9.17, 15) is 23.5 Å². The van der Waals surface area contributed by atoms with Gasteiger partial charge in [-0.05, 0) is 69.2 Å². The van der Waals surface area contributed by atoms with E-state index in [-0.39, 0.29) is 22.6 Å². The number of hydrogen-bond acceptors (Lipinski definition) is 5. The number of carbonyl (C=O) groups excluding carboxylic acids is 1. The van der Waals surface area contributed by atoms with E-state index in [2.05, 4.69) is 4.98 Å². The van der Waals surface area contributed by atoms with Gasteiger partial charge >= 0.3 is 0 Å². The first-order valence-corrected chi connectivity index (χ1v) is 11.0. The molecule has 0 aliphatic rings. The van der Waals surface area contributed by atoms with Gasteiger partial charge < -0.3 is 9.52 Å². The molecule has 0 aliphatic carbocycles. The van der Waals surface area contributed by atoms with Gasteiger partial charge in [0.05, 0.1) is 11.3 Å². The summed E-state index contributed by atoms with van der Waals surface area (Å²) in [6, 6.07) is 9.10. The van der Waals surface area contributed by atoms with Crippen LogP contribution in [-0.4, -0.2) is 26.0 Å². The molecule has 180 valence electrons. The van der Waals surface area contributed by atoms with Crippen molar-refractivity contribution >= 4 is 17.4 Å². The van der Waals surface area contributed by atoms with E-state index in [4.69, 9.17) is 16.0 Å². The van der Waals surface area contributed by atoms with E-state index >= 15 is 0 Å². The molecule has 6 nitrogen and oxygen atoms in total. The average Bonchev–Trinajstić information content (AvgIpc) is 3.18. The highest BCUT2D eigenvalue weighted by Crippen LogP contribution is 2.35. The molecule has 0 atom stereocenters.